The minimum atomic E-state index is -0.607. The van der Waals surface area contributed by atoms with Gasteiger partial charge in [0.25, 0.3) is 5.69 Å². The predicted octanol–water partition coefficient (Wildman–Crippen LogP) is 4.25. The fraction of sp³-hybridized carbons (Fsp3) is 0.105. The van der Waals surface area contributed by atoms with Crippen molar-refractivity contribution >= 4 is 35.1 Å². The third kappa shape index (κ3) is 3.78. The number of nitro groups is 1. The normalized spacial score (nSPS) is 14.7. The van der Waals surface area contributed by atoms with Gasteiger partial charge in [-0.1, -0.05) is 11.6 Å². The van der Waals surface area contributed by atoms with Crippen molar-refractivity contribution in [3.05, 3.63) is 74.3 Å². The first-order chi connectivity index (χ1) is 12.9. The highest BCUT2D eigenvalue weighted by Crippen LogP contribution is 2.37. The van der Waals surface area contributed by atoms with Crippen LogP contribution in [0, 0.1) is 10.1 Å². The monoisotopic (exact) mass is 387 g/mol. The summed E-state index contributed by atoms with van der Waals surface area (Å²) >= 11 is 5.86. The second-order valence-corrected chi connectivity index (χ2v) is 5.96. The van der Waals surface area contributed by atoms with Gasteiger partial charge in [-0.15, -0.1) is 0 Å². The van der Waals surface area contributed by atoms with Gasteiger partial charge in [-0.05, 0) is 42.5 Å². The molecule has 0 amide bonds. The Morgan fingerprint density at radius 1 is 1.11 bits per heavy atom. The Morgan fingerprint density at radius 3 is 2.33 bits per heavy atom. The Labute approximate surface area is 159 Å². The standard InChI is InChI=1S/C19H14ClNO6/c1-25-17-8-12(15(21(23)24)10-18(17)26-2)7-13-9-16(27-19(13)22)11-3-5-14(20)6-4-11/h3-10H,1-2H3. The van der Waals surface area contributed by atoms with Crippen LogP contribution in [0.5, 0.6) is 11.5 Å². The number of hydrogen-bond donors (Lipinski definition) is 0. The van der Waals surface area contributed by atoms with Crippen molar-refractivity contribution in [1.29, 1.82) is 0 Å². The molecule has 0 aromatic heterocycles. The molecule has 0 aliphatic carbocycles. The van der Waals surface area contributed by atoms with Gasteiger partial charge in [0.15, 0.2) is 11.5 Å². The molecular formula is C19H14ClNO6. The second-order valence-electron chi connectivity index (χ2n) is 5.53. The first kappa shape index (κ1) is 18.5. The molecule has 0 bridgehead atoms. The number of esters is 1. The Morgan fingerprint density at radius 2 is 1.74 bits per heavy atom. The average Bonchev–Trinajstić information content (AvgIpc) is 3.02. The van der Waals surface area contributed by atoms with E-state index >= 15 is 0 Å². The van der Waals surface area contributed by atoms with Gasteiger partial charge < -0.3 is 14.2 Å². The molecule has 0 fully saturated rings. The molecule has 138 valence electrons. The summed E-state index contributed by atoms with van der Waals surface area (Å²) in [5.41, 5.74) is 0.813. The molecule has 1 aliphatic heterocycles. The van der Waals surface area contributed by atoms with Crippen LogP contribution in [0.4, 0.5) is 5.69 Å². The zero-order chi connectivity index (χ0) is 19.6. The number of nitrogens with zero attached hydrogens (tertiary/aromatic N) is 1. The van der Waals surface area contributed by atoms with Crippen LogP contribution in [-0.4, -0.2) is 25.1 Å². The fourth-order valence-electron chi connectivity index (χ4n) is 2.57. The molecule has 0 saturated heterocycles. The molecule has 0 spiro atoms. The van der Waals surface area contributed by atoms with Crippen LogP contribution in [0.25, 0.3) is 11.8 Å². The topological polar surface area (TPSA) is 87.9 Å². The molecule has 0 unspecified atom stereocenters. The van der Waals surface area contributed by atoms with Gasteiger partial charge in [0.1, 0.15) is 5.76 Å². The summed E-state index contributed by atoms with van der Waals surface area (Å²) in [6, 6.07) is 9.45. The lowest BCUT2D eigenvalue weighted by atomic mass is 10.1. The maximum atomic E-state index is 12.2. The van der Waals surface area contributed by atoms with E-state index in [-0.39, 0.29) is 22.6 Å². The SMILES string of the molecule is COc1cc(C=C2C=C(c3ccc(Cl)cc3)OC2=O)c([N+](=O)[O-])cc1OC. The zero-order valence-corrected chi connectivity index (χ0v) is 15.1. The molecule has 0 radical (unpaired) electrons. The third-order valence-corrected chi connectivity index (χ3v) is 4.15. The van der Waals surface area contributed by atoms with Crippen molar-refractivity contribution in [3.8, 4) is 11.5 Å². The van der Waals surface area contributed by atoms with Crippen molar-refractivity contribution in [3.63, 3.8) is 0 Å². The summed E-state index contributed by atoms with van der Waals surface area (Å²) in [7, 11) is 2.80. The second kappa shape index (κ2) is 7.51. The number of benzene rings is 2. The maximum Gasteiger partial charge on any atom is 0.343 e. The molecule has 27 heavy (non-hydrogen) atoms. The van der Waals surface area contributed by atoms with E-state index in [0.29, 0.717) is 22.1 Å². The Hall–Kier alpha value is -3.32. The van der Waals surface area contributed by atoms with Crippen molar-refractivity contribution in [1.82, 2.24) is 0 Å². The number of methoxy groups -OCH3 is 2. The quantitative estimate of drug-likeness (QED) is 0.330. The molecule has 1 aliphatic rings. The van der Waals surface area contributed by atoms with Crippen molar-refractivity contribution in [2.45, 2.75) is 0 Å². The van der Waals surface area contributed by atoms with Crippen LogP contribution in [-0.2, 0) is 9.53 Å². The first-order valence-corrected chi connectivity index (χ1v) is 8.12. The minimum absolute atomic E-state index is 0.176. The molecule has 3 rings (SSSR count). The van der Waals surface area contributed by atoms with E-state index < -0.39 is 10.9 Å². The van der Waals surface area contributed by atoms with Gasteiger partial charge in [-0.3, -0.25) is 10.1 Å². The van der Waals surface area contributed by atoms with E-state index in [1.165, 1.54) is 38.5 Å². The number of halogens is 1. The number of nitro benzene ring substituents is 1. The van der Waals surface area contributed by atoms with Gasteiger partial charge in [0.05, 0.1) is 36.3 Å². The lowest BCUT2D eigenvalue weighted by molar-refractivity contribution is -0.385. The smallest absolute Gasteiger partial charge is 0.343 e. The van der Waals surface area contributed by atoms with Gasteiger partial charge in [-0.25, -0.2) is 4.79 Å². The highest BCUT2D eigenvalue weighted by molar-refractivity contribution is 6.30. The van der Waals surface area contributed by atoms with Crippen molar-refractivity contribution < 1.29 is 23.9 Å². The molecule has 8 heteroatoms. The molecule has 0 atom stereocenters. The Bertz CT molecular complexity index is 978. The number of carbonyl (C=O) groups excluding carboxylic acids is 1. The number of hydrogen-bond acceptors (Lipinski definition) is 6. The van der Waals surface area contributed by atoms with E-state index in [2.05, 4.69) is 0 Å². The number of ether oxygens (including phenoxy) is 3. The van der Waals surface area contributed by atoms with Crippen LogP contribution < -0.4 is 9.47 Å². The van der Waals surface area contributed by atoms with Crippen molar-refractivity contribution in [2.75, 3.05) is 14.2 Å². The van der Waals surface area contributed by atoms with Gasteiger partial charge in [0, 0.05) is 10.6 Å². The molecule has 2 aromatic carbocycles. The number of rotatable bonds is 5. The van der Waals surface area contributed by atoms with Gasteiger partial charge >= 0.3 is 5.97 Å². The van der Waals surface area contributed by atoms with E-state index in [1.807, 2.05) is 0 Å². The highest BCUT2D eigenvalue weighted by Gasteiger charge is 2.25. The molecule has 2 aromatic rings. The first-order valence-electron chi connectivity index (χ1n) is 7.75. The lowest BCUT2D eigenvalue weighted by Gasteiger charge is -2.08. The van der Waals surface area contributed by atoms with E-state index in [1.54, 1.807) is 24.3 Å². The summed E-state index contributed by atoms with van der Waals surface area (Å²) in [6.07, 6.45) is 2.90. The lowest BCUT2D eigenvalue weighted by Crippen LogP contribution is -1.99. The number of cyclic esters (lactones) is 1. The number of carbonyl (C=O) groups is 1. The molecule has 0 N–H and O–H groups in total. The largest absolute Gasteiger partial charge is 0.493 e. The van der Waals surface area contributed by atoms with Crippen LogP contribution in [0.1, 0.15) is 11.1 Å². The van der Waals surface area contributed by atoms with Gasteiger partial charge in [0.2, 0.25) is 0 Å². The third-order valence-electron chi connectivity index (χ3n) is 3.89. The summed E-state index contributed by atoms with van der Waals surface area (Å²) in [5.74, 6) is 0.260. The van der Waals surface area contributed by atoms with Gasteiger partial charge in [-0.2, -0.15) is 0 Å². The van der Waals surface area contributed by atoms with Crippen LogP contribution >= 0.6 is 11.6 Å². The zero-order valence-electron chi connectivity index (χ0n) is 14.4. The molecule has 7 nitrogen and oxygen atoms in total. The fourth-order valence-corrected chi connectivity index (χ4v) is 2.70. The van der Waals surface area contributed by atoms with E-state index in [4.69, 9.17) is 25.8 Å². The van der Waals surface area contributed by atoms with Crippen molar-refractivity contribution in [2.24, 2.45) is 0 Å². The summed E-state index contributed by atoms with van der Waals surface area (Å²) in [6.45, 7) is 0. The molecule has 0 saturated carbocycles. The average molecular weight is 388 g/mol. The summed E-state index contributed by atoms with van der Waals surface area (Å²) < 4.78 is 15.5. The summed E-state index contributed by atoms with van der Waals surface area (Å²) in [5, 5.41) is 12.0. The van der Waals surface area contributed by atoms with Crippen LogP contribution in [0.15, 0.2) is 48.0 Å². The Balaban J connectivity index is 2.06. The molecule has 1 heterocycles. The van der Waals surface area contributed by atoms with Crippen LogP contribution in [0.2, 0.25) is 5.02 Å². The van der Waals surface area contributed by atoms with E-state index in [9.17, 15) is 14.9 Å². The highest BCUT2D eigenvalue weighted by atomic mass is 35.5. The minimum Gasteiger partial charge on any atom is -0.493 e. The summed E-state index contributed by atoms with van der Waals surface area (Å²) in [4.78, 5) is 23.0. The van der Waals surface area contributed by atoms with E-state index in [0.717, 1.165) is 0 Å². The molecular weight excluding hydrogens is 374 g/mol. The Kier molecular flexibility index (Phi) is 5.14. The maximum absolute atomic E-state index is 12.2. The van der Waals surface area contributed by atoms with Crippen LogP contribution in [0.3, 0.4) is 0 Å². The predicted molar refractivity (Wildman–Crippen MR) is 99.7 cm³/mol.